The molecule has 0 aliphatic rings. The van der Waals surface area contributed by atoms with Crippen LogP contribution < -0.4 is 5.73 Å². The molecule has 0 radical (unpaired) electrons. The van der Waals surface area contributed by atoms with Crippen molar-refractivity contribution in [3.8, 4) is 0 Å². The molecule has 1 aromatic rings. The number of nitrogens with two attached hydrogens (primary N) is 1. The summed E-state index contributed by atoms with van der Waals surface area (Å²) >= 11 is 0.834. The third-order valence-electron chi connectivity index (χ3n) is 1.84. The molecule has 0 saturated heterocycles. The van der Waals surface area contributed by atoms with Gasteiger partial charge in [0, 0.05) is 9.75 Å². The monoisotopic (exact) mass is 245 g/mol. The Hall–Kier alpha value is -0.690. The van der Waals surface area contributed by atoms with Crippen molar-refractivity contribution in [3.05, 3.63) is 21.9 Å². The lowest BCUT2D eigenvalue weighted by molar-refractivity contribution is -0.290. The Bertz CT molecular complexity index is 343. The molecular weight excluding hydrogens is 237 g/mol. The minimum Gasteiger partial charge on any atom is -0.318 e. The molecule has 15 heavy (non-hydrogen) atoms. The van der Waals surface area contributed by atoms with E-state index >= 15 is 0 Å². The zero-order valence-corrected chi connectivity index (χ0v) is 8.42. The topological polar surface area (TPSA) is 26.0 Å². The Kier molecular flexibility index (Phi) is 3.06. The molecule has 0 aromatic carbocycles. The van der Waals surface area contributed by atoms with E-state index < -0.39 is 18.1 Å². The van der Waals surface area contributed by atoms with Gasteiger partial charge in [-0.05, 0) is 19.1 Å². The quantitative estimate of drug-likeness (QED) is 0.795. The molecule has 1 heterocycles. The predicted octanol–water partition coefficient (Wildman–Crippen LogP) is 3.25. The van der Waals surface area contributed by atoms with E-state index in [2.05, 4.69) is 0 Å². The van der Waals surface area contributed by atoms with Gasteiger partial charge in [-0.15, -0.1) is 11.3 Å². The second-order valence-electron chi connectivity index (χ2n) is 3.05. The van der Waals surface area contributed by atoms with Gasteiger partial charge in [-0.1, -0.05) is 0 Å². The van der Waals surface area contributed by atoms with E-state index in [9.17, 15) is 22.0 Å². The SMILES string of the molecule is Cc1ccc(C(N)C(F)(F)C(F)(F)F)s1. The van der Waals surface area contributed by atoms with E-state index in [-0.39, 0.29) is 4.88 Å². The summed E-state index contributed by atoms with van der Waals surface area (Å²) in [6.45, 7) is 1.60. The minimum atomic E-state index is -5.62. The lowest BCUT2D eigenvalue weighted by Gasteiger charge is -2.24. The lowest BCUT2D eigenvalue weighted by atomic mass is 10.1. The van der Waals surface area contributed by atoms with Crippen molar-refractivity contribution in [2.24, 2.45) is 5.73 Å². The Morgan fingerprint density at radius 2 is 1.73 bits per heavy atom. The second-order valence-corrected chi connectivity index (χ2v) is 4.37. The predicted molar refractivity (Wildman–Crippen MR) is 47.0 cm³/mol. The standard InChI is InChI=1S/C8H8F5NS/c1-4-2-3-5(15-4)6(14)7(9,10)8(11,12)13/h2-3,6H,14H2,1H3. The molecule has 1 aromatic heterocycles. The highest BCUT2D eigenvalue weighted by atomic mass is 32.1. The second kappa shape index (κ2) is 3.71. The van der Waals surface area contributed by atoms with E-state index in [0.717, 1.165) is 11.3 Å². The number of hydrogen-bond acceptors (Lipinski definition) is 2. The molecule has 7 heteroatoms. The minimum absolute atomic E-state index is 0.171. The van der Waals surface area contributed by atoms with Crippen molar-refractivity contribution in [2.75, 3.05) is 0 Å². The van der Waals surface area contributed by atoms with Gasteiger partial charge in [0.05, 0.1) is 0 Å². The molecule has 1 nitrogen and oxygen atoms in total. The van der Waals surface area contributed by atoms with Gasteiger partial charge in [-0.25, -0.2) is 0 Å². The van der Waals surface area contributed by atoms with E-state index in [1.54, 1.807) is 6.92 Å². The average Bonchev–Trinajstić information content (AvgIpc) is 2.48. The van der Waals surface area contributed by atoms with Gasteiger partial charge < -0.3 is 5.73 Å². The fourth-order valence-corrected chi connectivity index (χ4v) is 1.89. The number of halogens is 5. The van der Waals surface area contributed by atoms with Gasteiger partial charge in [-0.2, -0.15) is 22.0 Å². The lowest BCUT2D eigenvalue weighted by Crippen LogP contribution is -2.45. The first kappa shape index (κ1) is 12.4. The maximum absolute atomic E-state index is 12.8. The number of rotatable bonds is 2. The fraction of sp³-hybridized carbons (Fsp3) is 0.500. The third-order valence-corrected chi connectivity index (χ3v) is 2.92. The van der Waals surface area contributed by atoms with Gasteiger partial charge in [-0.3, -0.25) is 0 Å². The Labute approximate surface area is 86.7 Å². The van der Waals surface area contributed by atoms with Gasteiger partial charge >= 0.3 is 12.1 Å². The molecule has 0 aliphatic carbocycles. The smallest absolute Gasteiger partial charge is 0.318 e. The fourth-order valence-electron chi connectivity index (χ4n) is 0.976. The summed E-state index contributed by atoms with van der Waals surface area (Å²) in [4.78, 5) is 0.466. The molecule has 0 fully saturated rings. The van der Waals surface area contributed by atoms with E-state index in [1.807, 2.05) is 0 Å². The summed E-state index contributed by atoms with van der Waals surface area (Å²) in [6.07, 6.45) is -5.62. The van der Waals surface area contributed by atoms with Crippen molar-refractivity contribution >= 4 is 11.3 Å². The van der Waals surface area contributed by atoms with Gasteiger partial charge in [0.2, 0.25) is 0 Å². The molecule has 1 unspecified atom stereocenters. The normalized spacial score (nSPS) is 15.4. The van der Waals surface area contributed by atoms with Crippen molar-refractivity contribution in [1.29, 1.82) is 0 Å². The van der Waals surface area contributed by atoms with Crippen LogP contribution in [0.1, 0.15) is 15.8 Å². The summed E-state index contributed by atoms with van der Waals surface area (Å²) in [5.74, 6) is -4.90. The number of thiophene rings is 1. The van der Waals surface area contributed by atoms with Gasteiger partial charge in [0.1, 0.15) is 6.04 Å². The first-order chi connectivity index (χ1) is 6.66. The van der Waals surface area contributed by atoms with Crippen LogP contribution in [0.3, 0.4) is 0 Å². The van der Waals surface area contributed by atoms with Crippen LogP contribution in [-0.4, -0.2) is 12.1 Å². The third kappa shape index (κ3) is 2.28. The molecule has 1 atom stereocenters. The molecule has 0 spiro atoms. The van der Waals surface area contributed by atoms with Crippen LogP contribution >= 0.6 is 11.3 Å². The zero-order chi connectivity index (χ0) is 11.9. The maximum Gasteiger partial charge on any atom is 0.455 e. The summed E-state index contributed by atoms with van der Waals surface area (Å²) in [6, 6.07) is 0.299. The molecule has 86 valence electrons. The van der Waals surface area contributed by atoms with E-state index in [0.29, 0.717) is 4.88 Å². The van der Waals surface area contributed by atoms with Crippen LogP contribution in [0, 0.1) is 6.92 Å². The zero-order valence-electron chi connectivity index (χ0n) is 7.61. The average molecular weight is 245 g/mol. The van der Waals surface area contributed by atoms with Crippen LogP contribution in [0.5, 0.6) is 0 Å². The highest BCUT2D eigenvalue weighted by Crippen LogP contribution is 2.44. The Balaban J connectivity index is 2.99. The molecule has 0 aliphatic heterocycles. The van der Waals surface area contributed by atoms with Crippen molar-refractivity contribution in [1.82, 2.24) is 0 Å². The highest BCUT2D eigenvalue weighted by molar-refractivity contribution is 7.12. The van der Waals surface area contributed by atoms with E-state index in [4.69, 9.17) is 5.73 Å². The van der Waals surface area contributed by atoms with Crippen LogP contribution in [0.4, 0.5) is 22.0 Å². The van der Waals surface area contributed by atoms with Gasteiger partial charge in [0.15, 0.2) is 0 Å². The Morgan fingerprint density at radius 3 is 2.07 bits per heavy atom. The largest absolute Gasteiger partial charge is 0.455 e. The van der Waals surface area contributed by atoms with E-state index in [1.165, 1.54) is 12.1 Å². The van der Waals surface area contributed by atoms with Crippen LogP contribution in [0.15, 0.2) is 12.1 Å². The number of aryl methyl sites for hydroxylation is 1. The molecular formula is C8H8F5NS. The summed E-state index contributed by atoms with van der Waals surface area (Å²) in [5.41, 5.74) is 4.91. The van der Waals surface area contributed by atoms with Crippen molar-refractivity contribution in [2.45, 2.75) is 25.1 Å². The van der Waals surface area contributed by atoms with Crippen LogP contribution in [0.25, 0.3) is 0 Å². The van der Waals surface area contributed by atoms with Crippen molar-refractivity contribution < 1.29 is 22.0 Å². The highest BCUT2D eigenvalue weighted by Gasteiger charge is 2.62. The Morgan fingerprint density at radius 1 is 1.20 bits per heavy atom. The maximum atomic E-state index is 12.8. The first-order valence-electron chi connectivity index (χ1n) is 3.92. The first-order valence-corrected chi connectivity index (χ1v) is 4.74. The van der Waals surface area contributed by atoms with Gasteiger partial charge in [0.25, 0.3) is 0 Å². The molecule has 0 amide bonds. The molecule has 0 bridgehead atoms. The number of hydrogen-bond donors (Lipinski definition) is 1. The summed E-state index contributed by atoms with van der Waals surface area (Å²) < 4.78 is 61.4. The van der Waals surface area contributed by atoms with Crippen LogP contribution in [-0.2, 0) is 0 Å². The van der Waals surface area contributed by atoms with Crippen LogP contribution in [0.2, 0.25) is 0 Å². The molecule has 1 rings (SSSR count). The molecule has 0 saturated carbocycles. The number of alkyl halides is 5. The summed E-state index contributed by atoms with van der Waals surface area (Å²) in [7, 11) is 0. The summed E-state index contributed by atoms with van der Waals surface area (Å²) in [5, 5.41) is 0. The molecule has 2 N–H and O–H groups in total. The van der Waals surface area contributed by atoms with Crippen molar-refractivity contribution in [3.63, 3.8) is 0 Å².